The Kier molecular flexibility index (Phi) is 6.61. The summed E-state index contributed by atoms with van der Waals surface area (Å²) in [5, 5.41) is 10.9. The van der Waals surface area contributed by atoms with Gasteiger partial charge in [-0.15, -0.1) is 0 Å². The molecule has 3 aromatic rings. The quantitative estimate of drug-likeness (QED) is 0.585. The maximum absolute atomic E-state index is 13.4. The molecule has 9 heteroatoms. The number of carbonyl (C=O) groups excluding carboxylic acids is 1. The second kappa shape index (κ2) is 9.71. The number of fused-ring (bicyclic) bond motifs is 1. The molecule has 3 heterocycles. The first-order valence-corrected chi connectivity index (χ1v) is 12.2. The summed E-state index contributed by atoms with van der Waals surface area (Å²) in [6, 6.07) is 8.65. The number of nitrogens with zero attached hydrogens (tertiary/aromatic N) is 3. The van der Waals surface area contributed by atoms with Crippen LogP contribution in [0.1, 0.15) is 45.1 Å². The van der Waals surface area contributed by atoms with Crippen LogP contribution in [0.5, 0.6) is 0 Å². The van der Waals surface area contributed by atoms with Crippen molar-refractivity contribution >= 4 is 16.8 Å². The summed E-state index contributed by atoms with van der Waals surface area (Å²) in [5.74, 6) is -0.973. The fourth-order valence-electron chi connectivity index (χ4n) is 5.07. The van der Waals surface area contributed by atoms with Gasteiger partial charge in [0.25, 0.3) is 11.5 Å². The summed E-state index contributed by atoms with van der Waals surface area (Å²) >= 11 is 0. The third kappa shape index (κ3) is 4.41. The van der Waals surface area contributed by atoms with E-state index >= 15 is 0 Å². The van der Waals surface area contributed by atoms with Gasteiger partial charge in [0.2, 0.25) is 6.43 Å². The van der Waals surface area contributed by atoms with E-state index in [1.165, 1.54) is 15.8 Å². The zero-order valence-electron chi connectivity index (χ0n) is 20.3. The molecule has 2 fully saturated rings. The molecule has 2 aliphatic rings. The molecule has 0 unspecified atom stereocenters. The number of aryl methyl sites for hydroxylation is 1. The second-order valence-corrected chi connectivity index (χ2v) is 9.82. The first-order valence-electron chi connectivity index (χ1n) is 12.2. The molecule has 36 heavy (non-hydrogen) atoms. The minimum absolute atomic E-state index is 0.0876. The Balaban J connectivity index is 1.40. The number of aliphatic hydroxyl groups is 1. The van der Waals surface area contributed by atoms with Crippen molar-refractivity contribution in [1.29, 1.82) is 0 Å². The number of hydrogen-bond donors (Lipinski definition) is 1. The van der Waals surface area contributed by atoms with Gasteiger partial charge in [-0.2, -0.15) is 0 Å². The zero-order chi connectivity index (χ0) is 25.6. The first kappa shape index (κ1) is 24.5. The summed E-state index contributed by atoms with van der Waals surface area (Å²) in [4.78, 5) is 32.0. The lowest BCUT2D eigenvalue weighted by atomic mass is 9.94. The van der Waals surface area contributed by atoms with E-state index in [1.807, 2.05) is 32.0 Å². The van der Waals surface area contributed by atoms with Crippen molar-refractivity contribution in [2.45, 2.75) is 45.3 Å². The average Bonchev–Trinajstić information content (AvgIpc) is 2.83. The number of ether oxygens (including phenoxy) is 1. The number of aliphatic hydroxyl groups excluding tert-OH is 1. The van der Waals surface area contributed by atoms with Gasteiger partial charge >= 0.3 is 0 Å². The van der Waals surface area contributed by atoms with E-state index in [2.05, 4.69) is 4.98 Å². The summed E-state index contributed by atoms with van der Waals surface area (Å²) in [6.45, 7) is 4.79. The summed E-state index contributed by atoms with van der Waals surface area (Å²) < 4.78 is 32.3. The van der Waals surface area contributed by atoms with Gasteiger partial charge in [0.05, 0.1) is 41.9 Å². The van der Waals surface area contributed by atoms with Crippen molar-refractivity contribution in [2.75, 3.05) is 26.3 Å². The number of rotatable bonds is 5. The van der Waals surface area contributed by atoms with Gasteiger partial charge in [0.1, 0.15) is 0 Å². The lowest BCUT2D eigenvalue weighted by molar-refractivity contribution is -0.0395. The highest BCUT2D eigenvalue weighted by Crippen LogP contribution is 2.27. The largest absolute Gasteiger partial charge is 0.389 e. The normalized spacial score (nSPS) is 20.7. The SMILES string of the molecule is Cc1c(Cc2ccc(C(=O)N3CC(C(F)F)C3)cc2)cc2c(=O)n([C@H]3CCOC[C@@H]3O)cnc2c1C. The summed E-state index contributed by atoms with van der Waals surface area (Å²) in [5.41, 5.74) is 4.84. The van der Waals surface area contributed by atoms with Gasteiger partial charge in [-0.25, -0.2) is 13.8 Å². The fraction of sp³-hybridized carbons (Fsp3) is 0.444. The molecular weight excluding hydrogens is 468 g/mol. The lowest BCUT2D eigenvalue weighted by Crippen LogP contribution is -2.52. The van der Waals surface area contributed by atoms with E-state index in [0.717, 1.165) is 22.3 Å². The molecule has 0 radical (unpaired) electrons. The van der Waals surface area contributed by atoms with E-state index in [4.69, 9.17) is 4.74 Å². The standard InChI is InChI=1S/C27H29F2N3O4/c1-15-16(2)24-21(27(35)32(14-30-24)22-7-8-36-13-23(22)33)10-19(15)9-17-3-5-18(6-4-17)26(34)31-11-20(12-31)25(28)29/h3-6,10,14,20,22-23,25,33H,7-9,11-13H2,1-2H3/t22-,23-/m0/s1. The highest BCUT2D eigenvalue weighted by molar-refractivity contribution is 5.94. The van der Waals surface area contributed by atoms with Gasteiger partial charge in [0, 0.05) is 25.3 Å². The fourth-order valence-corrected chi connectivity index (χ4v) is 5.07. The van der Waals surface area contributed by atoms with Gasteiger partial charge in [-0.1, -0.05) is 12.1 Å². The van der Waals surface area contributed by atoms with Crippen LogP contribution in [0, 0.1) is 19.8 Å². The Labute approximate surface area is 207 Å². The van der Waals surface area contributed by atoms with Crippen molar-refractivity contribution in [3.05, 3.63) is 74.8 Å². The molecule has 5 rings (SSSR count). The lowest BCUT2D eigenvalue weighted by Gasteiger charge is -2.38. The molecule has 1 N–H and O–H groups in total. The third-order valence-electron chi connectivity index (χ3n) is 7.55. The van der Waals surface area contributed by atoms with Gasteiger partial charge in [-0.3, -0.25) is 14.2 Å². The molecule has 2 atom stereocenters. The van der Waals surface area contributed by atoms with Crippen LogP contribution < -0.4 is 5.56 Å². The predicted molar refractivity (Wildman–Crippen MR) is 131 cm³/mol. The van der Waals surface area contributed by atoms with Crippen LogP contribution in [0.4, 0.5) is 8.78 Å². The number of hydrogen-bond acceptors (Lipinski definition) is 5. The number of aromatic nitrogens is 2. The van der Waals surface area contributed by atoms with Crippen molar-refractivity contribution in [1.82, 2.24) is 14.5 Å². The van der Waals surface area contributed by atoms with Crippen molar-refractivity contribution in [2.24, 2.45) is 5.92 Å². The first-order chi connectivity index (χ1) is 17.2. The molecule has 2 aliphatic heterocycles. The van der Waals surface area contributed by atoms with Crippen LogP contribution in [-0.2, 0) is 11.2 Å². The Morgan fingerprint density at radius 2 is 1.92 bits per heavy atom. The van der Waals surface area contributed by atoms with E-state index < -0.39 is 18.4 Å². The number of benzene rings is 2. The van der Waals surface area contributed by atoms with Gasteiger partial charge < -0.3 is 14.7 Å². The Hall–Kier alpha value is -3.17. The Morgan fingerprint density at radius 1 is 1.19 bits per heavy atom. The molecule has 1 aromatic heterocycles. The van der Waals surface area contributed by atoms with Gasteiger partial charge in [-0.05, 0) is 67.1 Å². The van der Waals surface area contributed by atoms with Crippen molar-refractivity contribution < 1.29 is 23.4 Å². The van der Waals surface area contributed by atoms with Crippen LogP contribution in [-0.4, -0.2) is 64.3 Å². The van der Waals surface area contributed by atoms with Crippen LogP contribution in [0.2, 0.25) is 0 Å². The monoisotopic (exact) mass is 497 g/mol. The molecule has 0 bridgehead atoms. The minimum Gasteiger partial charge on any atom is -0.389 e. The molecule has 0 spiro atoms. The molecular formula is C27H29F2N3O4. The smallest absolute Gasteiger partial charge is 0.261 e. The van der Waals surface area contributed by atoms with Crippen molar-refractivity contribution in [3.8, 4) is 0 Å². The number of likely N-dealkylation sites (tertiary alicyclic amines) is 1. The van der Waals surface area contributed by atoms with E-state index in [1.54, 1.807) is 12.1 Å². The Bertz CT molecular complexity index is 1350. The number of amides is 1. The summed E-state index contributed by atoms with van der Waals surface area (Å²) in [6.07, 6.45) is -0.542. The van der Waals surface area contributed by atoms with Crippen LogP contribution in [0.15, 0.2) is 41.5 Å². The second-order valence-electron chi connectivity index (χ2n) is 9.82. The van der Waals surface area contributed by atoms with E-state index in [-0.39, 0.29) is 37.2 Å². The number of halogens is 2. The maximum Gasteiger partial charge on any atom is 0.261 e. The number of alkyl halides is 2. The average molecular weight is 498 g/mol. The molecule has 190 valence electrons. The van der Waals surface area contributed by atoms with Crippen LogP contribution in [0.3, 0.4) is 0 Å². The van der Waals surface area contributed by atoms with Gasteiger partial charge in [0.15, 0.2) is 0 Å². The Morgan fingerprint density at radius 3 is 2.58 bits per heavy atom. The van der Waals surface area contributed by atoms with E-state index in [0.29, 0.717) is 35.9 Å². The van der Waals surface area contributed by atoms with E-state index in [9.17, 15) is 23.5 Å². The highest BCUT2D eigenvalue weighted by atomic mass is 19.3. The maximum atomic E-state index is 13.4. The molecule has 7 nitrogen and oxygen atoms in total. The topological polar surface area (TPSA) is 84.7 Å². The van der Waals surface area contributed by atoms with Crippen molar-refractivity contribution in [3.63, 3.8) is 0 Å². The molecule has 2 aromatic carbocycles. The van der Waals surface area contributed by atoms with Crippen LogP contribution in [0.25, 0.3) is 10.9 Å². The highest BCUT2D eigenvalue weighted by Gasteiger charge is 2.37. The van der Waals surface area contributed by atoms with Crippen LogP contribution >= 0.6 is 0 Å². The predicted octanol–water partition coefficient (Wildman–Crippen LogP) is 3.26. The molecule has 2 saturated heterocycles. The summed E-state index contributed by atoms with van der Waals surface area (Å²) in [7, 11) is 0. The number of carbonyl (C=O) groups is 1. The molecule has 0 saturated carbocycles. The minimum atomic E-state index is -2.40. The molecule has 0 aliphatic carbocycles. The third-order valence-corrected chi connectivity index (χ3v) is 7.55. The molecule has 1 amide bonds. The zero-order valence-corrected chi connectivity index (χ0v) is 20.3.